The number of hydrogen-bond acceptors (Lipinski definition) is 5. The predicted molar refractivity (Wildman–Crippen MR) is 120 cm³/mol. The molecular formula is C21H29N3O5S2. The highest BCUT2D eigenvalue weighted by Gasteiger charge is 2.24. The zero-order valence-corrected chi connectivity index (χ0v) is 20.0. The Morgan fingerprint density at radius 1 is 0.903 bits per heavy atom. The molecule has 0 radical (unpaired) electrons. The van der Waals surface area contributed by atoms with Gasteiger partial charge in [0, 0.05) is 39.3 Å². The molecule has 0 aromatic heterocycles. The summed E-state index contributed by atoms with van der Waals surface area (Å²) in [6, 6.07) is 10.8. The molecular weight excluding hydrogens is 438 g/mol. The van der Waals surface area contributed by atoms with Crippen LogP contribution < -0.4 is 5.32 Å². The molecule has 1 amide bonds. The molecule has 2 rings (SSSR count). The molecule has 0 aliphatic heterocycles. The van der Waals surface area contributed by atoms with Gasteiger partial charge in [-0.3, -0.25) is 4.79 Å². The van der Waals surface area contributed by atoms with Gasteiger partial charge in [0.1, 0.15) is 0 Å². The van der Waals surface area contributed by atoms with Gasteiger partial charge in [0.2, 0.25) is 20.0 Å². The van der Waals surface area contributed by atoms with E-state index in [1.807, 2.05) is 0 Å². The molecule has 0 spiro atoms. The van der Waals surface area contributed by atoms with Crippen LogP contribution in [0.3, 0.4) is 0 Å². The van der Waals surface area contributed by atoms with Crippen LogP contribution in [0.25, 0.3) is 0 Å². The molecule has 0 saturated heterocycles. The van der Waals surface area contributed by atoms with Crippen LogP contribution in [-0.4, -0.2) is 58.5 Å². The molecule has 0 heterocycles. The van der Waals surface area contributed by atoms with E-state index >= 15 is 0 Å². The third kappa shape index (κ3) is 5.51. The molecule has 31 heavy (non-hydrogen) atoms. The van der Waals surface area contributed by atoms with E-state index in [9.17, 15) is 21.6 Å². The van der Waals surface area contributed by atoms with E-state index in [1.165, 1.54) is 36.6 Å². The Morgan fingerprint density at radius 3 is 2.00 bits per heavy atom. The fourth-order valence-electron chi connectivity index (χ4n) is 3.00. The van der Waals surface area contributed by atoms with Crippen LogP contribution >= 0.6 is 0 Å². The fraction of sp³-hybridized carbons (Fsp3) is 0.381. The first-order valence-corrected chi connectivity index (χ1v) is 12.7. The second kappa shape index (κ2) is 9.90. The molecule has 8 nitrogen and oxygen atoms in total. The number of rotatable bonds is 9. The molecule has 170 valence electrons. The van der Waals surface area contributed by atoms with Crippen molar-refractivity contribution in [3.63, 3.8) is 0 Å². The van der Waals surface area contributed by atoms with Crippen molar-refractivity contribution in [3.8, 4) is 0 Å². The van der Waals surface area contributed by atoms with Crippen LogP contribution in [0, 0.1) is 6.92 Å². The molecule has 10 heteroatoms. The lowest BCUT2D eigenvalue weighted by atomic mass is 10.1. The van der Waals surface area contributed by atoms with Gasteiger partial charge in [-0.2, -0.15) is 4.31 Å². The third-order valence-corrected chi connectivity index (χ3v) is 8.95. The highest BCUT2D eigenvalue weighted by atomic mass is 32.2. The fourth-order valence-corrected chi connectivity index (χ4v) is 5.61. The van der Waals surface area contributed by atoms with Gasteiger partial charge in [-0.05, 0) is 42.3 Å². The summed E-state index contributed by atoms with van der Waals surface area (Å²) in [5.41, 5.74) is 1.53. The molecule has 1 N–H and O–H groups in total. The molecule has 0 aliphatic rings. The van der Waals surface area contributed by atoms with Gasteiger partial charge in [0.25, 0.3) is 5.91 Å². The van der Waals surface area contributed by atoms with Gasteiger partial charge in [0.15, 0.2) is 0 Å². The first kappa shape index (κ1) is 25.0. The van der Waals surface area contributed by atoms with Gasteiger partial charge in [0.05, 0.1) is 9.79 Å². The van der Waals surface area contributed by atoms with Gasteiger partial charge >= 0.3 is 0 Å². The maximum Gasteiger partial charge on any atom is 0.251 e. The van der Waals surface area contributed by atoms with Crippen molar-refractivity contribution in [2.45, 2.75) is 37.1 Å². The zero-order valence-electron chi connectivity index (χ0n) is 18.4. The summed E-state index contributed by atoms with van der Waals surface area (Å²) >= 11 is 0. The minimum atomic E-state index is -3.69. The Hall–Kier alpha value is -2.27. The Labute approximate surface area is 185 Å². The number of sulfonamides is 2. The second-order valence-electron chi connectivity index (χ2n) is 7.18. The van der Waals surface area contributed by atoms with Crippen molar-refractivity contribution in [2.24, 2.45) is 0 Å². The van der Waals surface area contributed by atoms with Crippen LogP contribution in [0.2, 0.25) is 0 Å². The average Bonchev–Trinajstić information content (AvgIpc) is 2.73. The Bertz CT molecular complexity index is 1140. The number of nitrogens with zero attached hydrogens (tertiary/aromatic N) is 2. The van der Waals surface area contributed by atoms with Gasteiger partial charge in [-0.1, -0.05) is 32.0 Å². The lowest BCUT2D eigenvalue weighted by Gasteiger charge is -2.20. The Balaban J connectivity index is 2.18. The van der Waals surface area contributed by atoms with Crippen molar-refractivity contribution in [2.75, 3.05) is 27.2 Å². The summed E-state index contributed by atoms with van der Waals surface area (Å²) in [5, 5.41) is 2.74. The summed E-state index contributed by atoms with van der Waals surface area (Å²) in [6.07, 6.45) is 0. The number of hydrogen-bond donors (Lipinski definition) is 1. The van der Waals surface area contributed by atoms with Gasteiger partial charge in [-0.15, -0.1) is 0 Å². The number of carbonyl (C=O) groups excluding carboxylic acids is 1. The highest BCUT2D eigenvalue weighted by molar-refractivity contribution is 7.89. The predicted octanol–water partition coefficient (Wildman–Crippen LogP) is 2.21. The molecule has 2 aromatic carbocycles. The van der Waals surface area contributed by atoms with E-state index in [4.69, 9.17) is 0 Å². The molecule has 0 fully saturated rings. The normalized spacial score (nSPS) is 12.4. The molecule has 0 unspecified atom stereocenters. The molecule has 2 aromatic rings. The first-order valence-electron chi connectivity index (χ1n) is 9.85. The molecule has 0 bridgehead atoms. The minimum absolute atomic E-state index is 0.113. The molecule has 0 aliphatic carbocycles. The summed E-state index contributed by atoms with van der Waals surface area (Å²) in [6.45, 7) is 6.08. The van der Waals surface area contributed by atoms with E-state index in [0.717, 1.165) is 4.31 Å². The first-order chi connectivity index (χ1) is 14.4. The van der Waals surface area contributed by atoms with E-state index < -0.39 is 26.0 Å². The number of carbonyl (C=O) groups is 1. The molecule has 0 atom stereocenters. The standard InChI is InChI=1S/C21H29N3O5S2/c1-6-24(7-2)31(28,29)20-14-18(11-8-16(20)3)21(25)22-15-17-9-12-19(13-10-17)30(26,27)23(4)5/h8-14H,6-7,15H2,1-5H3,(H,22,25). The topological polar surface area (TPSA) is 104 Å². The minimum Gasteiger partial charge on any atom is -0.348 e. The van der Waals surface area contributed by atoms with Crippen molar-refractivity contribution < 1.29 is 21.6 Å². The quantitative estimate of drug-likeness (QED) is 0.609. The summed E-state index contributed by atoms with van der Waals surface area (Å²) in [5.74, 6) is -0.416. The number of nitrogens with one attached hydrogen (secondary N) is 1. The van der Waals surface area contributed by atoms with Gasteiger partial charge < -0.3 is 5.32 Å². The smallest absolute Gasteiger partial charge is 0.251 e. The van der Waals surface area contributed by atoms with Crippen LogP contribution in [-0.2, 0) is 26.6 Å². The summed E-state index contributed by atoms with van der Waals surface area (Å²) < 4.78 is 52.5. The van der Waals surface area contributed by atoms with Crippen LogP contribution in [0.15, 0.2) is 52.3 Å². The third-order valence-electron chi connectivity index (χ3n) is 4.93. The van der Waals surface area contributed by atoms with E-state index in [1.54, 1.807) is 45.0 Å². The maximum absolute atomic E-state index is 12.9. The zero-order chi connectivity index (χ0) is 23.4. The average molecular weight is 468 g/mol. The van der Waals surface area contributed by atoms with Crippen LogP contribution in [0.1, 0.15) is 35.3 Å². The summed E-state index contributed by atoms with van der Waals surface area (Å²) in [7, 11) is -4.29. The number of benzene rings is 2. The lowest BCUT2D eigenvalue weighted by molar-refractivity contribution is 0.0950. The Kier molecular flexibility index (Phi) is 7.98. The Morgan fingerprint density at radius 2 is 1.48 bits per heavy atom. The van der Waals surface area contributed by atoms with Crippen molar-refractivity contribution in [3.05, 3.63) is 59.2 Å². The van der Waals surface area contributed by atoms with E-state index in [2.05, 4.69) is 5.32 Å². The monoisotopic (exact) mass is 467 g/mol. The largest absolute Gasteiger partial charge is 0.348 e. The highest BCUT2D eigenvalue weighted by Crippen LogP contribution is 2.21. The lowest BCUT2D eigenvalue weighted by Crippen LogP contribution is -2.31. The van der Waals surface area contributed by atoms with Gasteiger partial charge in [-0.25, -0.2) is 21.1 Å². The maximum atomic E-state index is 12.9. The SMILES string of the molecule is CCN(CC)S(=O)(=O)c1cc(C(=O)NCc2ccc(S(=O)(=O)N(C)C)cc2)ccc1C. The van der Waals surface area contributed by atoms with E-state index in [-0.39, 0.29) is 21.9 Å². The second-order valence-corrected chi connectivity index (χ2v) is 11.2. The van der Waals surface area contributed by atoms with Crippen molar-refractivity contribution in [1.82, 2.24) is 13.9 Å². The van der Waals surface area contributed by atoms with Crippen molar-refractivity contribution >= 4 is 26.0 Å². The van der Waals surface area contributed by atoms with E-state index in [0.29, 0.717) is 24.2 Å². The summed E-state index contributed by atoms with van der Waals surface area (Å²) in [4.78, 5) is 12.9. The number of amides is 1. The molecule has 0 saturated carbocycles. The van der Waals surface area contributed by atoms with Crippen LogP contribution in [0.4, 0.5) is 0 Å². The van der Waals surface area contributed by atoms with Crippen LogP contribution in [0.5, 0.6) is 0 Å². The number of aryl methyl sites for hydroxylation is 1. The van der Waals surface area contributed by atoms with Crippen molar-refractivity contribution in [1.29, 1.82) is 0 Å².